The minimum Gasteiger partial charge on any atom is -0.486 e. The molecule has 0 unspecified atom stereocenters. The molecule has 0 bridgehead atoms. The highest BCUT2D eigenvalue weighted by atomic mass is 32.1. The molecule has 0 aliphatic carbocycles. The summed E-state index contributed by atoms with van der Waals surface area (Å²) in [7, 11) is 0. The van der Waals surface area contributed by atoms with Gasteiger partial charge in [0.05, 0.1) is 18.7 Å². The average Bonchev–Trinajstić information content (AvgIpc) is 3.57. The number of carbonyl (C=O) groups excluding carboxylic acids is 1. The molecule has 8 heteroatoms. The van der Waals surface area contributed by atoms with Gasteiger partial charge in [-0.25, -0.2) is 0 Å². The monoisotopic (exact) mass is 476 g/mol. The van der Waals surface area contributed by atoms with Gasteiger partial charge in [-0.2, -0.15) is 5.26 Å². The van der Waals surface area contributed by atoms with E-state index >= 15 is 0 Å². The minimum atomic E-state index is -0.106. The summed E-state index contributed by atoms with van der Waals surface area (Å²) >= 11 is 1.67. The van der Waals surface area contributed by atoms with Crippen molar-refractivity contribution in [2.24, 2.45) is 0 Å². The van der Waals surface area contributed by atoms with E-state index in [4.69, 9.17) is 9.47 Å². The fourth-order valence-corrected chi connectivity index (χ4v) is 5.60. The molecule has 5 rings (SSSR count). The number of likely N-dealkylation sites (tertiary alicyclic amines) is 1. The molecule has 1 saturated heterocycles. The predicted molar refractivity (Wildman–Crippen MR) is 132 cm³/mol. The molecule has 0 radical (unpaired) electrons. The largest absolute Gasteiger partial charge is 0.486 e. The number of thiophene rings is 1. The van der Waals surface area contributed by atoms with Crippen LogP contribution in [-0.4, -0.2) is 41.7 Å². The highest BCUT2D eigenvalue weighted by Gasteiger charge is 2.29. The van der Waals surface area contributed by atoms with E-state index < -0.39 is 0 Å². The maximum absolute atomic E-state index is 13.2. The summed E-state index contributed by atoms with van der Waals surface area (Å²) in [6, 6.07) is 12.6. The third-order valence-electron chi connectivity index (χ3n) is 6.75. The molecule has 1 fully saturated rings. The first-order valence-electron chi connectivity index (χ1n) is 11.6. The third-order valence-corrected chi connectivity index (χ3v) is 7.62. The fourth-order valence-electron chi connectivity index (χ4n) is 4.90. The first-order valence-corrected chi connectivity index (χ1v) is 12.5. The normalized spacial score (nSPS) is 17.5. The van der Waals surface area contributed by atoms with E-state index in [0.717, 1.165) is 47.7 Å². The maximum atomic E-state index is 13.2. The smallest absolute Gasteiger partial charge is 0.239 e. The number of benzene rings is 1. The lowest BCUT2D eigenvalue weighted by atomic mass is 10.0. The second kappa shape index (κ2) is 9.53. The van der Waals surface area contributed by atoms with E-state index in [1.807, 2.05) is 42.0 Å². The van der Waals surface area contributed by atoms with E-state index in [1.54, 1.807) is 11.3 Å². The summed E-state index contributed by atoms with van der Waals surface area (Å²) in [4.78, 5) is 16.6. The first-order chi connectivity index (χ1) is 16.5. The van der Waals surface area contributed by atoms with Crippen LogP contribution in [0.5, 0.6) is 11.5 Å². The predicted octanol–water partition coefficient (Wildman–Crippen LogP) is 4.63. The second-order valence-electron chi connectivity index (χ2n) is 8.79. The van der Waals surface area contributed by atoms with Gasteiger partial charge in [-0.3, -0.25) is 9.69 Å². The number of nitrogens with zero attached hydrogens (tertiary/aromatic N) is 3. The Morgan fingerprint density at radius 2 is 2.06 bits per heavy atom. The summed E-state index contributed by atoms with van der Waals surface area (Å²) in [6.45, 7) is 6.81. The topological polar surface area (TPSA) is 79.5 Å². The van der Waals surface area contributed by atoms with Gasteiger partial charge in [0, 0.05) is 16.6 Å². The van der Waals surface area contributed by atoms with Crippen LogP contribution in [0.1, 0.15) is 46.1 Å². The van der Waals surface area contributed by atoms with Gasteiger partial charge in [-0.15, -0.1) is 11.3 Å². The van der Waals surface area contributed by atoms with Crippen molar-refractivity contribution in [2.45, 2.75) is 39.3 Å². The minimum absolute atomic E-state index is 0.106. The fraction of sp³-hybridized carbons (Fsp3) is 0.385. The SMILES string of the molecule is Cc1c(C#N)c(NC(=O)CN2CCC[C@@H]2c2ccc3c(c2)OCCO3)n(Cc2cccs2)c1C. The number of fused-ring (bicyclic) bond motifs is 1. The van der Waals surface area contributed by atoms with Crippen molar-refractivity contribution in [1.82, 2.24) is 9.47 Å². The molecule has 2 aliphatic rings. The summed E-state index contributed by atoms with van der Waals surface area (Å²) in [6.07, 6.45) is 2.02. The zero-order valence-electron chi connectivity index (χ0n) is 19.5. The Labute approximate surface area is 203 Å². The molecule has 1 aromatic carbocycles. The Bertz CT molecular complexity index is 1240. The molecule has 176 valence electrons. The van der Waals surface area contributed by atoms with Crippen molar-refractivity contribution in [1.29, 1.82) is 5.26 Å². The van der Waals surface area contributed by atoms with Crippen LogP contribution < -0.4 is 14.8 Å². The van der Waals surface area contributed by atoms with Crippen LogP contribution in [0.25, 0.3) is 0 Å². The Hall–Kier alpha value is -3.28. The van der Waals surface area contributed by atoms with Gasteiger partial charge in [-0.05, 0) is 67.9 Å². The zero-order chi connectivity index (χ0) is 23.7. The molecule has 1 atom stereocenters. The molecule has 0 spiro atoms. The van der Waals surface area contributed by atoms with Gasteiger partial charge in [0.1, 0.15) is 25.1 Å². The van der Waals surface area contributed by atoms with Crippen molar-refractivity contribution in [3.05, 3.63) is 63.0 Å². The molecular formula is C26H28N4O3S. The highest BCUT2D eigenvalue weighted by Crippen LogP contribution is 2.38. The third kappa shape index (κ3) is 4.29. The molecule has 7 nitrogen and oxygen atoms in total. The maximum Gasteiger partial charge on any atom is 0.239 e. The lowest BCUT2D eigenvalue weighted by Crippen LogP contribution is -2.33. The number of rotatable bonds is 6. The van der Waals surface area contributed by atoms with E-state index in [0.29, 0.717) is 31.1 Å². The summed E-state index contributed by atoms with van der Waals surface area (Å²) in [5.41, 5.74) is 3.58. The number of hydrogen-bond acceptors (Lipinski definition) is 6. The van der Waals surface area contributed by atoms with E-state index in [1.165, 1.54) is 4.88 Å². The van der Waals surface area contributed by atoms with Gasteiger partial charge < -0.3 is 19.4 Å². The standard InChI is InChI=1S/C26H28N4O3S/c1-17-18(2)30(15-20-5-4-12-34-20)26(21(17)14-27)28-25(31)16-29-9-3-6-22(29)19-7-8-23-24(13-19)33-11-10-32-23/h4-5,7-8,12-13,22H,3,6,9-11,15-16H2,1-2H3,(H,28,31)/t22-/m1/s1. The van der Waals surface area contributed by atoms with Gasteiger partial charge in [0.15, 0.2) is 11.5 Å². The van der Waals surface area contributed by atoms with Crippen molar-refractivity contribution in [3.63, 3.8) is 0 Å². The molecular weight excluding hydrogens is 448 g/mol. The Morgan fingerprint density at radius 3 is 2.82 bits per heavy atom. The van der Waals surface area contributed by atoms with Gasteiger partial charge >= 0.3 is 0 Å². The van der Waals surface area contributed by atoms with Crippen LogP contribution in [0.15, 0.2) is 35.7 Å². The molecule has 2 aromatic heterocycles. The number of anilines is 1. The van der Waals surface area contributed by atoms with Gasteiger partial charge in [0.25, 0.3) is 0 Å². The first kappa shape index (κ1) is 22.5. The number of aromatic nitrogens is 1. The molecule has 1 N–H and O–H groups in total. The van der Waals surface area contributed by atoms with Crippen LogP contribution in [0.4, 0.5) is 5.82 Å². The van der Waals surface area contributed by atoms with E-state index in [2.05, 4.69) is 28.4 Å². The Morgan fingerprint density at radius 1 is 1.24 bits per heavy atom. The molecule has 34 heavy (non-hydrogen) atoms. The summed E-state index contributed by atoms with van der Waals surface area (Å²) in [5.74, 6) is 2.03. The molecule has 4 heterocycles. The molecule has 3 aromatic rings. The van der Waals surface area contributed by atoms with Crippen LogP contribution in [0.3, 0.4) is 0 Å². The van der Waals surface area contributed by atoms with Gasteiger partial charge in [-0.1, -0.05) is 12.1 Å². The van der Waals surface area contributed by atoms with Gasteiger partial charge in [0.2, 0.25) is 5.91 Å². The van der Waals surface area contributed by atoms with Crippen LogP contribution >= 0.6 is 11.3 Å². The molecule has 1 amide bonds. The van der Waals surface area contributed by atoms with E-state index in [9.17, 15) is 10.1 Å². The van der Waals surface area contributed by atoms with Crippen LogP contribution in [0, 0.1) is 25.2 Å². The van der Waals surface area contributed by atoms with Crippen molar-refractivity contribution in [3.8, 4) is 17.6 Å². The summed E-state index contributed by atoms with van der Waals surface area (Å²) in [5, 5.41) is 14.9. The highest BCUT2D eigenvalue weighted by molar-refractivity contribution is 7.09. The Kier molecular flexibility index (Phi) is 6.31. The average molecular weight is 477 g/mol. The quantitative estimate of drug-likeness (QED) is 0.561. The number of carbonyl (C=O) groups is 1. The second-order valence-corrected chi connectivity index (χ2v) is 9.82. The summed E-state index contributed by atoms with van der Waals surface area (Å²) < 4.78 is 13.5. The number of ether oxygens (including phenoxy) is 2. The lowest BCUT2D eigenvalue weighted by molar-refractivity contribution is -0.117. The molecule has 2 aliphatic heterocycles. The lowest BCUT2D eigenvalue weighted by Gasteiger charge is -2.26. The number of amides is 1. The number of nitriles is 1. The van der Waals surface area contributed by atoms with Crippen LogP contribution in [-0.2, 0) is 11.3 Å². The Balaban J connectivity index is 1.34. The number of nitrogens with one attached hydrogen (secondary N) is 1. The number of hydrogen-bond donors (Lipinski definition) is 1. The van der Waals surface area contributed by atoms with Crippen molar-refractivity contribution < 1.29 is 14.3 Å². The van der Waals surface area contributed by atoms with Crippen molar-refractivity contribution in [2.75, 3.05) is 31.6 Å². The van der Waals surface area contributed by atoms with E-state index in [-0.39, 0.29) is 18.5 Å². The molecule has 0 saturated carbocycles. The van der Waals surface area contributed by atoms with Crippen molar-refractivity contribution >= 4 is 23.1 Å². The zero-order valence-corrected chi connectivity index (χ0v) is 20.3. The van der Waals surface area contributed by atoms with Crippen LogP contribution in [0.2, 0.25) is 0 Å².